The maximum Gasteiger partial charge on any atom is 0.338 e. The summed E-state index contributed by atoms with van der Waals surface area (Å²) in [5.74, 6) is 0.542. The molecule has 0 fully saturated rings. The Labute approximate surface area is 250 Å². The number of carbonyl (C=O) groups excluding carboxylic acids is 2. The van der Waals surface area contributed by atoms with Gasteiger partial charge in [-0.25, -0.2) is 9.79 Å². The van der Waals surface area contributed by atoms with Gasteiger partial charge in [0.05, 0.1) is 44.0 Å². The third kappa shape index (κ3) is 6.21. The number of thioether (sulfide) groups is 1. The molecule has 3 aromatic rings. The number of esters is 1. The number of hydrogen-bond acceptors (Lipinski definition) is 8. The van der Waals surface area contributed by atoms with Crippen LogP contribution in [0.3, 0.4) is 0 Å². The van der Waals surface area contributed by atoms with Crippen molar-refractivity contribution in [2.75, 3.05) is 14.2 Å². The normalized spacial score (nSPS) is 16.7. The van der Waals surface area contributed by atoms with Gasteiger partial charge in [-0.2, -0.15) is 0 Å². The van der Waals surface area contributed by atoms with Crippen molar-refractivity contribution in [1.29, 1.82) is 0 Å². The summed E-state index contributed by atoms with van der Waals surface area (Å²) in [4.78, 5) is 33.8. The van der Waals surface area contributed by atoms with Crippen LogP contribution in [0.1, 0.15) is 49.0 Å². The van der Waals surface area contributed by atoms with Gasteiger partial charge in [-0.05, 0) is 48.6 Å². The van der Waals surface area contributed by atoms with Crippen LogP contribution in [-0.2, 0) is 20.9 Å². The van der Waals surface area contributed by atoms with Gasteiger partial charge in [0.25, 0.3) is 0 Å². The number of nitrogens with zero attached hydrogens (tertiary/aromatic N) is 2. The van der Waals surface area contributed by atoms with E-state index in [0.29, 0.717) is 39.2 Å². The fourth-order valence-corrected chi connectivity index (χ4v) is 6.03. The molecule has 5 rings (SSSR count). The molecule has 0 radical (unpaired) electrons. The van der Waals surface area contributed by atoms with Crippen LogP contribution in [0.2, 0.25) is 0 Å². The molecule has 0 bridgehead atoms. The van der Waals surface area contributed by atoms with E-state index >= 15 is 0 Å². The maximum absolute atomic E-state index is 13.8. The van der Waals surface area contributed by atoms with Crippen molar-refractivity contribution in [2.45, 2.75) is 39.0 Å². The van der Waals surface area contributed by atoms with E-state index < -0.39 is 12.0 Å². The molecule has 216 valence electrons. The molecule has 42 heavy (non-hydrogen) atoms. The third-order valence-corrected chi connectivity index (χ3v) is 8.07. The number of fused-ring (bicyclic) bond motifs is 1. The van der Waals surface area contributed by atoms with Crippen molar-refractivity contribution in [3.8, 4) is 11.5 Å². The Morgan fingerprint density at radius 3 is 2.40 bits per heavy atom. The van der Waals surface area contributed by atoms with Crippen molar-refractivity contribution in [3.63, 3.8) is 0 Å². The molecule has 0 aliphatic carbocycles. The number of rotatable bonds is 10. The van der Waals surface area contributed by atoms with Gasteiger partial charge in [0, 0.05) is 11.3 Å². The zero-order chi connectivity index (χ0) is 29.6. The molecule has 2 aliphatic heterocycles. The van der Waals surface area contributed by atoms with Crippen molar-refractivity contribution in [3.05, 3.63) is 118 Å². The molecule has 8 nitrogen and oxygen atoms in total. The van der Waals surface area contributed by atoms with Gasteiger partial charge in [-0.15, -0.1) is 0 Å². The molecule has 3 aromatic carbocycles. The Kier molecular flexibility index (Phi) is 8.97. The Balaban J connectivity index is 1.48. The Morgan fingerprint density at radius 2 is 1.71 bits per heavy atom. The lowest BCUT2D eigenvalue weighted by Gasteiger charge is -2.37. The molecule has 0 saturated heterocycles. The molecule has 2 aliphatic rings. The average Bonchev–Trinajstić information content (AvgIpc) is 3.41. The quantitative estimate of drug-likeness (QED) is 0.281. The molecule has 2 heterocycles. The summed E-state index contributed by atoms with van der Waals surface area (Å²) in [7, 11) is 3.17. The molecular weight excluding hydrogens is 550 g/mol. The van der Waals surface area contributed by atoms with Crippen molar-refractivity contribution in [2.24, 2.45) is 4.99 Å². The topological polar surface area (TPSA) is 89.5 Å². The molecule has 9 heteroatoms. The van der Waals surface area contributed by atoms with Gasteiger partial charge in [0.1, 0.15) is 18.1 Å². The number of ether oxygens (including phenoxy) is 3. The highest BCUT2D eigenvalue weighted by molar-refractivity contribution is 8.16. The lowest BCUT2D eigenvalue weighted by atomic mass is 9.92. The van der Waals surface area contributed by atoms with Crippen LogP contribution in [0.15, 0.2) is 106 Å². The predicted octanol–water partition coefficient (Wildman–Crippen LogP) is 6.29. The van der Waals surface area contributed by atoms with Gasteiger partial charge in [0.15, 0.2) is 5.17 Å². The lowest BCUT2D eigenvalue weighted by Crippen LogP contribution is -2.38. The number of amides is 1. The number of aliphatic imine (C=N–C) groups is 1. The van der Waals surface area contributed by atoms with E-state index in [9.17, 15) is 9.59 Å². The minimum atomic E-state index is -0.661. The molecule has 0 aromatic heterocycles. The summed E-state index contributed by atoms with van der Waals surface area (Å²) in [5, 5.41) is 5.67. The SMILES string of the molecule is COc1ccc(OC)c(C2C(C(=O)OCc3ccccc3)=C(C)N=C3SC=C(CC(=O)NC(C)c4ccccc4)N32)c1. The van der Waals surface area contributed by atoms with Crippen LogP contribution in [0.4, 0.5) is 0 Å². The van der Waals surface area contributed by atoms with E-state index in [1.54, 1.807) is 27.2 Å². The molecule has 0 spiro atoms. The first-order valence-corrected chi connectivity index (χ1v) is 14.5. The maximum atomic E-state index is 13.8. The first-order chi connectivity index (χ1) is 20.4. The smallest absolute Gasteiger partial charge is 0.338 e. The van der Waals surface area contributed by atoms with Gasteiger partial charge < -0.3 is 24.4 Å². The van der Waals surface area contributed by atoms with Crippen molar-refractivity contribution in [1.82, 2.24) is 10.2 Å². The second kappa shape index (κ2) is 13.0. The second-order valence-electron chi connectivity index (χ2n) is 9.94. The summed E-state index contributed by atoms with van der Waals surface area (Å²) in [6.45, 7) is 3.87. The third-order valence-electron chi connectivity index (χ3n) is 7.18. The molecule has 1 N–H and O–H groups in total. The Hall–Kier alpha value is -4.50. The van der Waals surface area contributed by atoms with E-state index in [2.05, 4.69) is 5.32 Å². The zero-order valence-electron chi connectivity index (χ0n) is 24.0. The summed E-state index contributed by atoms with van der Waals surface area (Å²) < 4.78 is 17.1. The largest absolute Gasteiger partial charge is 0.497 e. The first-order valence-electron chi connectivity index (χ1n) is 13.6. The van der Waals surface area contributed by atoms with Gasteiger partial charge in [-0.3, -0.25) is 4.79 Å². The molecule has 2 unspecified atom stereocenters. The monoisotopic (exact) mass is 583 g/mol. The van der Waals surface area contributed by atoms with Crippen LogP contribution < -0.4 is 14.8 Å². The fraction of sp³-hybridized carbons (Fsp3) is 0.242. The van der Waals surface area contributed by atoms with Gasteiger partial charge in [0.2, 0.25) is 5.91 Å². The van der Waals surface area contributed by atoms with Gasteiger partial charge in [-0.1, -0.05) is 72.4 Å². The van der Waals surface area contributed by atoms with E-state index in [-0.39, 0.29) is 25.0 Å². The number of methoxy groups -OCH3 is 2. The second-order valence-corrected chi connectivity index (χ2v) is 10.8. The average molecular weight is 584 g/mol. The highest BCUT2D eigenvalue weighted by Gasteiger charge is 2.42. The summed E-state index contributed by atoms with van der Waals surface area (Å²) in [5.41, 5.74) is 4.21. The van der Waals surface area contributed by atoms with Gasteiger partial charge >= 0.3 is 5.97 Å². The van der Waals surface area contributed by atoms with Crippen molar-refractivity contribution >= 4 is 28.8 Å². The predicted molar refractivity (Wildman–Crippen MR) is 164 cm³/mol. The minimum absolute atomic E-state index is 0.0946. The fourth-order valence-electron chi connectivity index (χ4n) is 5.06. The molecule has 1 amide bonds. The van der Waals surface area contributed by atoms with Crippen molar-refractivity contribution < 1.29 is 23.8 Å². The summed E-state index contributed by atoms with van der Waals surface area (Å²) >= 11 is 1.42. The number of allylic oxidation sites excluding steroid dienone is 1. The van der Waals surface area contributed by atoms with E-state index in [1.165, 1.54) is 11.8 Å². The minimum Gasteiger partial charge on any atom is -0.497 e. The van der Waals surface area contributed by atoms with E-state index in [0.717, 1.165) is 11.1 Å². The van der Waals surface area contributed by atoms with E-state index in [1.807, 2.05) is 90.0 Å². The highest BCUT2D eigenvalue weighted by Crippen LogP contribution is 2.47. The first kappa shape index (κ1) is 29.0. The standard InChI is InChI=1S/C33H33N3O5S/c1-21(24-13-9-6-10-14-24)34-29(37)17-25-20-42-33-35-22(2)30(32(38)41-19-23-11-7-5-8-12-23)31(36(25)33)27-18-26(39-3)15-16-28(27)40-4/h5-16,18,20-21,31H,17,19H2,1-4H3,(H,34,37). The number of nitrogens with one attached hydrogen (secondary N) is 1. The zero-order valence-corrected chi connectivity index (χ0v) is 24.8. The Bertz CT molecular complexity index is 1550. The number of hydrogen-bond donors (Lipinski definition) is 1. The summed E-state index contributed by atoms with van der Waals surface area (Å²) in [6, 6.07) is 24.0. The van der Waals surface area contributed by atoms with Crippen LogP contribution in [-0.4, -0.2) is 36.2 Å². The number of carbonyl (C=O) groups is 2. The summed E-state index contributed by atoms with van der Waals surface area (Å²) in [6.07, 6.45) is 0.0946. The Morgan fingerprint density at radius 1 is 1.00 bits per heavy atom. The van der Waals surface area contributed by atoms with Crippen LogP contribution in [0.25, 0.3) is 0 Å². The molecule has 0 saturated carbocycles. The molecule has 2 atom stereocenters. The number of benzene rings is 3. The number of amidine groups is 1. The lowest BCUT2D eigenvalue weighted by molar-refractivity contribution is -0.141. The molecular formula is C33H33N3O5S. The van der Waals surface area contributed by atoms with Crippen LogP contribution >= 0.6 is 11.8 Å². The van der Waals surface area contributed by atoms with Crippen LogP contribution in [0, 0.1) is 0 Å². The highest BCUT2D eigenvalue weighted by atomic mass is 32.2. The van der Waals surface area contributed by atoms with E-state index in [4.69, 9.17) is 19.2 Å². The van der Waals surface area contributed by atoms with Crippen LogP contribution in [0.5, 0.6) is 11.5 Å².